The first kappa shape index (κ1) is 14.8. The number of rotatable bonds is 4. The second kappa shape index (κ2) is 7.25. The van der Waals surface area contributed by atoms with Crippen molar-refractivity contribution in [1.82, 2.24) is 0 Å². The average molecular weight is 345 g/mol. The number of hydrogen-bond donors (Lipinski definition) is 1. The maximum absolute atomic E-state index is 4.64. The molecule has 0 amide bonds. The number of halogens is 1. The minimum atomic E-state index is 0.465. The van der Waals surface area contributed by atoms with Gasteiger partial charge in [-0.3, -0.25) is 0 Å². The zero-order valence-electron chi connectivity index (χ0n) is 10.7. The van der Waals surface area contributed by atoms with Crippen molar-refractivity contribution in [2.75, 3.05) is 11.5 Å². The minimum absolute atomic E-state index is 0.465. The lowest BCUT2D eigenvalue weighted by Gasteiger charge is -2.30. The Labute approximate surface area is 129 Å². The molecule has 1 saturated carbocycles. The Hall–Kier alpha value is 0.400. The van der Waals surface area contributed by atoms with E-state index in [2.05, 4.69) is 52.8 Å². The summed E-state index contributed by atoms with van der Waals surface area (Å²) < 4.78 is 1.17. The minimum Gasteiger partial charge on any atom is -0.179 e. The van der Waals surface area contributed by atoms with Crippen LogP contribution in [0.1, 0.15) is 38.5 Å². The molecule has 0 heterocycles. The largest absolute Gasteiger partial charge is 0.179 e. The monoisotopic (exact) mass is 344 g/mol. The molecule has 0 atom stereocenters. The molecule has 100 valence electrons. The summed E-state index contributed by atoms with van der Waals surface area (Å²) in [5.41, 5.74) is 0.465. The van der Waals surface area contributed by atoms with E-state index >= 15 is 0 Å². The van der Waals surface area contributed by atoms with Gasteiger partial charge < -0.3 is 0 Å². The first-order valence-corrected chi connectivity index (χ1v) is 9.14. The van der Waals surface area contributed by atoms with Crippen LogP contribution in [0.2, 0.25) is 0 Å². The average Bonchev–Trinajstić information content (AvgIpc) is 2.63. The van der Waals surface area contributed by atoms with Crippen molar-refractivity contribution < 1.29 is 0 Å². The summed E-state index contributed by atoms with van der Waals surface area (Å²) in [5, 5.41) is 0. The number of thioether (sulfide) groups is 1. The van der Waals surface area contributed by atoms with Gasteiger partial charge in [0.2, 0.25) is 0 Å². The Kier molecular flexibility index (Phi) is 5.96. The summed E-state index contributed by atoms with van der Waals surface area (Å²) in [7, 11) is 0. The van der Waals surface area contributed by atoms with Crippen molar-refractivity contribution >= 4 is 40.3 Å². The molecule has 0 spiro atoms. The van der Waals surface area contributed by atoms with Crippen molar-refractivity contribution in [2.45, 2.75) is 43.4 Å². The molecule has 18 heavy (non-hydrogen) atoms. The molecule has 3 heteroatoms. The molecule has 0 aliphatic heterocycles. The predicted molar refractivity (Wildman–Crippen MR) is 88.9 cm³/mol. The fraction of sp³-hybridized carbons (Fsp3) is 0.600. The van der Waals surface area contributed by atoms with Gasteiger partial charge in [0, 0.05) is 15.1 Å². The van der Waals surface area contributed by atoms with Crippen LogP contribution in [0.5, 0.6) is 0 Å². The number of benzene rings is 1. The second-order valence-electron chi connectivity index (χ2n) is 5.32. The molecule has 0 unspecified atom stereocenters. The third-order valence-corrected chi connectivity index (χ3v) is 6.35. The van der Waals surface area contributed by atoms with Crippen LogP contribution in [-0.2, 0) is 0 Å². The smallest absolute Gasteiger partial charge is 0.0186 e. The normalized spacial score (nSPS) is 19.4. The summed E-state index contributed by atoms with van der Waals surface area (Å²) in [4.78, 5) is 1.37. The standard InChI is InChI=1S/C15H21BrS2/c16-13-6-5-7-14(10-13)18-12-15(11-17)8-3-1-2-4-9-15/h5-7,10,17H,1-4,8-9,11-12H2. The van der Waals surface area contributed by atoms with Crippen LogP contribution >= 0.6 is 40.3 Å². The maximum Gasteiger partial charge on any atom is 0.0186 e. The van der Waals surface area contributed by atoms with Gasteiger partial charge in [-0.2, -0.15) is 12.6 Å². The fourth-order valence-electron chi connectivity index (χ4n) is 2.62. The summed E-state index contributed by atoms with van der Waals surface area (Å²) in [6.45, 7) is 0. The van der Waals surface area contributed by atoms with E-state index in [0.717, 1.165) is 5.75 Å². The van der Waals surface area contributed by atoms with Gasteiger partial charge >= 0.3 is 0 Å². The zero-order valence-corrected chi connectivity index (χ0v) is 14.0. The summed E-state index contributed by atoms with van der Waals surface area (Å²) in [6, 6.07) is 8.63. The molecular formula is C15H21BrS2. The van der Waals surface area contributed by atoms with Gasteiger partial charge in [-0.15, -0.1) is 11.8 Å². The molecule has 0 radical (unpaired) electrons. The van der Waals surface area contributed by atoms with Crippen LogP contribution in [0, 0.1) is 5.41 Å². The lowest BCUT2D eigenvalue weighted by Crippen LogP contribution is -2.25. The highest BCUT2D eigenvalue weighted by Crippen LogP contribution is 2.40. The first-order chi connectivity index (χ1) is 8.74. The van der Waals surface area contributed by atoms with E-state index in [1.165, 1.54) is 53.6 Å². The summed E-state index contributed by atoms with van der Waals surface area (Å²) in [5.74, 6) is 2.25. The van der Waals surface area contributed by atoms with Crippen LogP contribution in [0.15, 0.2) is 33.6 Å². The molecule has 0 N–H and O–H groups in total. The van der Waals surface area contributed by atoms with Crippen LogP contribution in [0.4, 0.5) is 0 Å². The molecule has 0 nitrogen and oxygen atoms in total. The van der Waals surface area contributed by atoms with Crippen molar-refractivity contribution in [2.24, 2.45) is 5.41 Å². The summed E-state index contributed by atoms with van der Waals surface area (Å²) in [6.07, 6.45) is 8.32. The van der Waals surface area contributed by atoms with Crippen LogP contribution in [-0.4, -0.2) is 11.5 Å². The molecule has 2 rings (SSSR count). The van der Waals surface area contributed by atoms with Gasteiger partial charge in [-0.1, -0.05) is 47.7 Å². The molecule has 1 aromatic carbocycles. The third kappa shape index (κ3) is 4.21. The third-order valence-electron chi connectivity index (χ3n) is 3.84. The molecule has 0 saturated heterocycles. The van der Waals surface area contributed by atoms with Crippen molar-refractivity contribution in [3.63, 3.8) is 0 Å². The van der Waals surface area contributed by atoms with E-state index in [1.807, 2.05) is 11.8 Å². The van der Waals surface area contributed by atoms with Crippen LogP contribution in [0.3, 0.4) is 0 Å². The highest BCUT2D eigenvalue weighted by atomic mass is 79.9. The Morgan fingerprint density at radius 2 is 1.89 bits per heavy atom. The Balaban J connectivity index is 1.97. The lowest BCUT2D eigenvalue weighted by molar-refractivity contribution is 0.332. The quantitative estimate of drug-likeness (QED) is 0.408. The highest BCUT2D eigenvalue weighted by molar-refractivity contribution is 9.10. The van der Waals surface area contributed by atoms with E-state index in [4.69, 9.17) is 0 Å². The van der Waals surface area contributed by atoms with E-state index in [9.17, 15) is 0 Å². The van der Waals surface area contributed by atoms with Crippen LogP contribution < -0.4 is 0 Å². The van der Waals surface area contributed by atoms with Crippen molar-refractivity contribution in [1.29, 1.82) is 0 Å². The van der Waals surface area contributed by atoms with Crippen molar-refractivity contribution in [3.8, 4) is 0 Å². The lowest BCUT2D eigenvalue weighted by atomic mass is 9.84. The summed E-state index contributed by atoms with van der Waals surface area (Å²) >= 11 is 10.2. The Bertz CT molecular complexity index is 371. The Morgan fingerprint density at radius 3 is 2.50 bits per heavy atom. The van der Waals surface area contributed by atoms with Crippen LogP contribution in [0.25, 0.3) is 0 Å². The fourth-order valence-corrected chi connectivity index (χ4v) is 5.00. The van der Waals surface area contributed by atoms with E-state index in [1.54, 1.807) is 0 Å². The van der Waals surface area contributed by atoms with Gasteiger partial charge in [0.25, 0.3) is 0 Å². The molecule has 0 bridgehead atoms. The highest BCUT2D eigenvalue weighted by Gasteiger charge is 2.29. The first-order valence-electron chi connectivity index (χ1n) is 6.73. The van der Waals surface area contributed by atoms with Gasteiger partial charge in [-0.25, -0.2) is 0 Å². The second-order valence-corrected chi connectivity index (χ2v) is 7.60. The van der Waals surface area contributed by atoms with Gasteiger partial charge in [-0.05, 0) is 42.2 Å². The van der Waals surface area contributed by atoms with Gasteiger partial charge in [0.1, 0.15) is 0 Å². The SMILES string of the molecule is SCC1(CSc2cccc(Br)c2)CCCCCC1. The Morgan fingerprint density at radius 1 is 1.17 bits per heavy atom. The molecule has 1 aliphatic carbocycles. The predicted octanol–water partition coefficient (Wildman–Crippen LogP) is 5.81. The maximum atomic E-state index is 4.64. The zero-order chi connectivity index (χ0) is 12.8. The van der Waals surface area contributed by atoms with E-state index < -0.39 is 0 Å². The molecular weight excluding hydrogens is 324 g/mol. The van der Waals surface area contributed by atoms with Crippen molar-refractivity contribution in [3.05, 3.63) is 28.7 Å². The molecule has 0 aromatic heterocycles. The van der Waals surface area contributed by atoms with E-state index in [0.29, 0.717) is 5.41 Å². The number of thiol groups is 1. The molecule has 1 fully saturated rings. The molecule has 1 aromatic rings. The van der Waals surface area contributed by atoms with Gasteiger partial charge in [0.15, 0.2) is 0 Å². The number of hydrogen-bond acceptors (Lipinski definition) is 2. The van der Waals surface area contributed by atoms with Gasteiger partial charge in [0.05, 0.1) is 0 Å². The molecule has 1 aliphatic rings. The van der Waals surface area contributed by atoms with E-state index in [-0.39, 0.29) is 0 Å². The topological polar surface area (TPSA) is 0 Å².